The summed E-state index contributed by atoms with van der Waals surface area (Å²) in [5, 5.41) is 12.1. The number of rotatable bonds is 3. The molecule has 1 fully saturated rings. The third-order valence-electron chi connectivity index (χ3n) is 4.95. The molecule has 0 bridgehead atoms. The van der Waals surface area contributed by atoms with Crippen LogP contribution in [0, 0.1) is 5.41 Å². The second kappa shape index (κ2) is 7.83. The van der Waals surface area contributed by atoms with Gasteiger partial charge in [-0.2, -0.15) is 0 Å². The molecule has 3 heterocycles. The van der Waals surface area contributed by atoms with Gasteiger partial charge in [-0.25, -0.2) is 0 Å². The Hall–Kier alpha value is -1.14. The number of carbonyl (C=O) groups is 1. The number of piperidine rings is 1. The van der Waals surface area contributed by atoms with E-state index in [0.29, 0.717) is 18.2 Å². The fourth-order valence-corrected chi connectivity index (χ4v) is 3.44. The first-order valence-electron chi connectivity index (χ1n) is 8.84. The van der Waals surface area contributed by atoms with Crippen LogP contribution in [0.15, 0.2) is 0 Å². The fourth-order valence-electron chi connectivity index (χ4n) is 3.44. The Bertz CT molecular complexity index is 558. The van der Waals surface area contributed by atoms with Crippen LogP contribution in [0.4, 0.5) is 0 Å². The minimum absolute atomic E-state index is 0. The summed E-state index contributed by atoms with van der Waals surface area (Å²) < 4.78 is 2.28. The van der Waals surface area contributed by atoms with Gasteiger partial charge in [-0.3, -0.25) is 4.79 Å². The zero-order chi connectivity index (χ0) is 16.4. The molecule has 2 aliphatic rings. The number of likely N-dealkylation sites (tertiary alicyclic amines) is 1. The number of amides is 1. The number of carbonyl (C=O) groups excluding carboxylic acids is 1. The number of halogens is 1. The molecule has 1 aromatic heterocycles. The van der Waals surface area contributed by atoms with Crippen LogP contribution in [-0.2, 0) is 17.9 Å². The van der Waals surface area contributed by atoms with E-state index < -0.39 is 0 Å². The topological polar surface area (TPSA) is 63.1 Å². The molecule has 136 valence electrons. The predicted octanol–water partition coefficient (Wildman–Crippen LogP) is 2.34. The molecule has 2 aliphatic heterocycles. The van der Waals surface area contributed by atoms with Gasteiger partial charge in [0.25, 0.3) is 0 Å². The van der Waals surface area contributed by atoms with Gasteiger partial charge in [0.05, 0.1) is 6.54 Å². The zero-order valence-corrected chi connectivity index (χ0v) is 15.9. The Balaban J connectivity index is 0.00000208. The SMILES string of the molecule is CC(C)(C)CCC(=O)N1CCC(c2nnc3n2CCNC3)CC1.Cl. The van der Waals surface area contributed by atoms with Gasteiger partial charge >= 0.3 is 0 Å². The van der Waals surface area contributed by atoms with Crippen LogP contribution in [0.2, 0.25) is 0 Å². The van der Waals surface area contributed by atoms with Gasteiger partial charge in [-0.1, -0.05) is 20.8 Å². The number of hydrogen-bond acceptors (Lipinski definition) is 4. The van der Waals surface area contributed by atoms with Crippen molar-refractivity contribution in [2.75, 3.05) is 19.6 Å². The van der Waals surface area contributed by atoms with Crippen LogP contribution in [-0.4, -0.2) is 45.2 Å². The monoisotopic (exact) mass is 355 g/mol. The van der Waals surface area contributed by atoms with Crippen molar-refractivity contribution >= 4 is 18.3 Å². The average molecular weight is 356 g/mol. The van der Waals surface area contributed by atoms with Gasteiger partial charge in [0.15, 0.2) is 0 Å². The van der Waals surface area contributed by atoms with E-state index in [0.717, 1.165) is 63.6 Å². The highest BCUT2D eigenvalue weighted by Crippen LogP contribution is 2.29. The summed E-state index contributed by atoms with van der Waals surface area (Å²) in [5.74, 6) is 2.94. The van der Waals surface area contributed by atoms with Gasteiger partial charge in [-0.05, 0) is 24.7 Å². The van der Waals surface area contributed by atoms with E-state index >= 15 is 0 Å². The molecule has 0 radical (unpaired) electrons. The fraction of sp³-hybridized carbons (Fsp3) is 0.824. The first-order valence-corrected chi connectivity index (χ1v) is 8.84. The van der Waals surface area contributed by atoms with E-state index in [4.69, 9.17) is 0 Å². The van der Waals surface area contributed by atoms with Gasteiger partial charge < -0.3 is 14.8 Å². The lowest BCUT2D eigenvalue weighted by atomic mass is 9.90. The second-order valence-electron chi connectivity index (χ2n) is 8.02. The summed E-state index contributed by atoms with van der Waals surface area (Å²) in [4.78, 5) is 14.4. The molecule has 7 heteroatoms. The maximum Gasteiger partial charge on any atom is 0.222 e. The third kappa shape index (κ3) is 4.48. The molecular formula is C17H30ClN5O. The molecule has 24 heavy (non-hydrogen) atoms. The summed E-state index contributed by atoms with van der Waals surface area (Å²) in [6.07, 6.45) is 3.64. The summed E-state index contributed by atoms with van der Waals surface area (Å²) in [6, 6.07) is 0. The van der Waals surface area contributed by atoms with E-state index in [2.05, 4.69) is 40.9 Å². The third-order valence-corrected chi connectivity index (χ3v) is 4.95. The maximum atomic E-state index is 12.4. The largest absolute Gasteiger partial charge is 0.343 e. The van der Waals surface area contributed by atoms with Crippen LogP contribution in [0.1, 0.15) is 64.0 Å². The number of hydrogen-bond donors (Lipinski definition) is 1. The Morgan fingerprint density at radius 1 is 1.21 bits per heavy atom. The molecule has 1 N–H and O–H groups in total. The van der Waals surface area contributed by atoms with E-state index in [1.807, 2.05) is 4.90 Å². The maximum absolute atomic E-state index is 12.4. The first-order chi connectivity index (χ1) is 10.9. The molecule has 6 nitrogen and oxygen atoms in total. The Morgan fingerprint density at radius 3 is 2.58 bits per heavy atom. The van der Waals surface area contributed by atoms with Crippen molar-refractivity contribution in [1.29, 1.82) is 0 Å². The van der Waals surface area contributed by atoms with Gasteiger partial charge in [0, 0.05) is 38.5 Å². The average Bonchev–Trinajstić information content (AvgIpc) is 2.96. The van der Waals surface area contributed by atoms with E-state index in [9.17, 15) is 4.79 Å². The highest BCUT2D eigenvalue weighted by atomic mass is 35.5. The summed E-state index contributed by atoms with van der Waals surface area (Å²) in [6.45, 7) is 11.0. The Labute approximate surface area is 150 Å². The predicted molar refractivity (Wildman–Crippen MR) is 96.2 cm³/mol. The quantitative estimate of drug-likeness (QED) is 0.903. The number of aromatic nitrogens is 3. The van der Waals surface area contributed by atoms with Crippen molar-refractivity contribution < 1.29 is 4.79 Å². The lowest BCUT2D eigenvalue weighted by Crippen LogP contribution is -2.39. The molecule has 1 aromatic rings. The molecule has 0 aliphatic carbocycles. The normalized spacial score (nSPS) is 18.9. The lowest BCUT2D eigenvalue weighted by Gasteiger charge is -2.32. The minimum atomic E-state index is 0. The van der Waals surface area contributed by atoms with Crippen molar-refractivity contribution in [3.63, 3.8) is 0 Å². The van der Waals surface area contributed by atoms with Crippen molar-refractivity contribution in [3.8, 4) is 0 Å². The second-order valence-corrected chi connectivity index (χ2v) is 8.02. The van der Waals surface area contributed by atoms with Gasteiger partial charge in [0.1, 0.15) is 11.6 Å². The van der Waals surface area contributed by atoms with Crippen LogP contribution >= 0.6 is 12.4 Å². The standard InChI is InChI=1S/C17H29N5O.ClH/c1-17(2,3)7-4-15(23)21-9-5-13(6-10-21)16-20-19-14-12-18-8-11-22(14)16;/h13,18H,4-12H2,1-3H3;1H. The summed E-state index contributed by atoms with van der Waals surface area (Å²) in [7, 11) is 0. The molecule has 3 rings (SSSR count). The highest BCUT2D eigenvalue weighted by molar-refractivity contribution is 5.85. The molecule has 0 saturated carbocycles. The molecule has 1 amide bonds. The van der Waals surface area contributed by atoms with Crippen LogP contribution < -0.4 is 5.32 Å². The number of nitrogens with one attached hydrogen (secondary N) is 1. The van der Waals surface area contributed by atoms with E-state index in [1.165, 1.54) is 0 Å². The summed E-state index contributed by atoms with van der Waals surface area (Å²) in [5.41, 5.74) is 0.225. The molecule has 1 saturated heterocycles. The van der Waals surface area contributed by atoms with Gasteiger partial charge in [0.2, 0.25) is 5.91 Å². The van der Waals surface area contributed by atoms with E-state index in [-0.39, 0.29) is 17.8 Å². The molecule has 0 unspecified atom stereocenters. The first kappa shape index (κ1) is 19.2. The minimum Gasteiger partial charge on any atom is -0.343 e. The number of fused-ring (bicyclic) bond motifs is 1. The Kier molecular flexibility index (Phi) is 6.26. The molecular weight excluding hydrogens is 326 g/mol. The van der Waals surface area contributed by atoms with Crippen LogP contribution in [0.5, 0.6) is 0 Å². The van der Waals surface area contributed by atoms with Crippen LogP contribution in [0.3, 0.4) is 0 Å². The number of nitrogens with zero attached hydrogens (tertiary/aromatic N) is 4. The van der Waals surface area contributed by atoms with Gasteiger partial charge in [-0.15, -0.1) is 22.6 Å². The zero-order valence-electron chi connectivity index (χ0n) is 15.0. The Morgan fingerprint density at radius 2 is 1.92 bits per heavy atom. The van der Waals surface area contributed by atoms with E-state index in [1.54, 1.807) is 0 Å². The smallest absolute Gasteiger partial charge is 0.222 e. The summed E-state index contributed by atoms with van der Waals surface area (Å²) >= 11 is 0. The molecule has 0 spiro atoms. The van der Waals surface area contributed by atoms with Crippen molar-refractivity contribution in [1.82, 2.24) is 25.0 Å². The highest BCUT2D eigenvalue weighted by Gasteiger charge is 2.29. The molecule has 0 aromatic carbocycles. The van der Waals surface area contributed by atoms with Crippen molar-refractivity contribution in [3.05, 3.63) is 11.6 Å². The van der Waals surface area contributed by atoms with Crippen molar-refractivity contribution in [2.45, 2.75) is 65.5 Å². The lowest BCUT2D eigenvalue weighted by molar-refractivity contribution is -0.132. The van der Waals surface area contributed by atoms with Crippen LogP contribution in [0.25, 0.3) is 0 Å². The van der Waals surface area contributed by atoms with Crippen molar-refractivity contribution in [2.24, 2.45) is 5.41 Å². The molecule has 0 atom stereocenters.